The number of carbonyl (C=O) groups is 1. The molecule has 0 fully saturated rings. The van der Waals surface area contributed by atoms with E-state index in [-0.39, 0.29) is 12.5 Å². The summed E-state index contributed by atoms with van der Waals surface area (Å²) in [4.78, 5) is 11.7. The number of aliphatic hydroxyl groups is 1. The van der Waals surface area contributed by atoms with Gasteiger partial charge in [-0.2, -0.15) is 0 Å². The van der Waals surface area contributed by atoms with E-state index in [9.17, 15) is 4.79 Å². The molecule has 0 bridgehead atoms. The summed E-state index contributed by atoms with van der Waals surface area (Å²) in [6.07, 6.45) is 0. The Kier molecular flexibility index (Phi) is 4.31. The maximum absolute atomic E-state index is 11.7. The molecule has 0 aliphatic heterocycles. The first-order valence-electron chi connectivity index (χ1n) is 5.14. The second-order valence-corrected chi connectivity index (χ2v) is 3.72. The number of benzene rings is 1. The Bertz CT molecular complexity index is 334. The predicted molar refractivity (Wildman–Crippen MR) is 60.0 cm³/mol. The Morgan fingerprint density at radius 3 is 2.67 bits per heavy atom. The molecule has 1 aromatic rings. The lowest BCUT2D eigenvalue weighted by Gasteiger charge is -2.11. The van der Waals surface area contributed by atoms with Gasteiger partial charge in [0.15, 0.2) is 0 Å². The molecular formula is C12H17NO2. The molecule has 3 heteroatoms. The van der Waals surface area contributed by atoms with Crippen LogP contribution in [0, 0.1) is 0 Å². The molecule has 1 amide bonds. The molecule has 0 atom stereocenters. The van der Waals surface area contributed by atoms with Crippen molar-refractivity contribution in [3.63, 3.8) is 0 Å². The fourth-order valence-electron chi connectivity index (χ4n) is 1.47. The molecule has 15 heavy (non-hydrogen) atoms. The maximum atomic E-state index is 11.7. The van der Waals surface area contributed by atoms with E-state index in [1.165, 1.54) is 0 Å². The van der Waals surface area contributed by atoms with Crippen LogP contribution in [-0.2, 0) is 0 Å². The van der Waals surface area contributed by atoms with Crippen molar-refractivity contribution in [2.24, 2.45) is 0 Å². The minimum atomic E-state index is -0.117. The second-order valence-electron chi connectivity index (χ2n) is 3.72. The topological polar surface area (TPSA) is 49.3 Å². The molecule has 1 rings (SSSR count). The summed E-state index contributed by atoms with van der Waals surface area (Å²) < 4.78 is 0. The monoisotopic (exact) mass is 207 g/mol. The molecule has 0 heterocycles. The van der Waals surface area contributed by atoms with Crippen LogP contribution in [0.2, 0.25) is 0 Å². The first-order chi connectivity index (χ1) is 7.16. The number of rotatable bonds is 4. The van der Waals surface area contributed by atoms with Gasteiger partial charge in [-0.25, -0.2) is 0 Å². The van der Waals surface area contributed by atoms with E-state index >= 15 is 0 Å². The molecular weight excluding hydrogens is 190 g/mol. The largest absolute Gasteiger partial charge is 0.395 e. The van der Waals surface area contributed by atoms with Gasteiger partial charge >= 0.3 is 0 Å². The number of aliphatic hydroxyl groups excluding tert-OH is 1. The third-order valence-electron chi connectivity index (χ3n) is 2.22. The van der Waals surface area contributed by atoms with Gasteiger partial charge in [0.2, 0.25) is 0 Å². The van der Waals surface area contributed by atoms with Crippen LogP contribution in [0.3, 0.4) is 0 Å². The van der Waals surface area contributed by atoms with Gasteiger partial charge in [0.05, 0.1) is 6.61 Å². The average Bonchev–Trinajstić information content (AvgIpc) is 2.25. The van der Waals surface area contributed by atoms with E-state index in [4.69, 9.17) is 5.11 Å². The van der Waals surface area contributed by atoms with E-state index in [0.29, 0.717) is 18.0 Å². The Morgan fingerprint density at radius 2 is 2.07 bits per heavy atom. The Labute approximate surface area is 90.1 Å². The van der Waals surface area contributed by atoms with E-state index in [0.717, 1.165) is 5.56 Å². The third-order valence-corrected chi connectivity index (χ3v) is 2.22. The van der Waals surface area contributed by atoms with Crippen molar-refractivity contribution in [1.82, 2.24) is 5.32 Å². The number of nitrogens with one attached hydrogen (secondary N) is 1. The van der Waals surface area contributed by atoms with E-state index in [1.807, 2.05) is 24.3 Å². The number of carbonyl (C=O) groups excluding carboxylic acids is 1. The van der Waals surface area contributed by atoms with Crippen LogP contribution in [0.1, 0.15) is 35.7 Å². The van der Waals surface area contributed by atoms with Gasteiger partial charge in [0.1, 0.15) is 0 Å². The van der Waals surface area contributed by atoms with Crippen LogP contribution in [0.15, 0.2) is 24.3 Å². The molecule has 0 spiro atoms. The van der Waals surface area contributed by atoms with Crippen molar-refractivity contribution >= 4 is 5.91 Å². The zero-order valence-electron chi connectivity index (χ0n) is 9.16. The molecule has 0 aliphatic rings. The third kappa shape index (κ3) is 3.06. The van der Waals surface area contributed by atoms with E-state index in [2.05, 4.69) is 19.2 Å². The minimum Gasteiger partial charge on any atom is -0.395 e. The van der Waals surface area contributed by atoms with Gasteiger partial charge in [-0.15, -0.1) is 0 Å². The summed E-state index contributed by atoms with van der Waals surface area (Å²) >= 11 is 0. The summed E-state index contributed by atoms with van der Waals surface area (Å²) in [5.41, 5.74) is 1.73. The average molecular weight is 207 g/mol. The number of amides is 1. The van der Waals surface area contributed by atoms with Crippen LogP contribution < -0.4 is 5.32 Å². The molecule has 3 nitrogen and oxygen atoms in total. The van der Waals surface area contributed by atoms with Crippen molar-refractivity contribution < 1.29 is 9.90 Å². The maximum Gasteiger partial charge on any atom is 0.251 e. The van der Waals surface area contributed by atoms with E-state index in [1.54, 1.807) is 0 Å². The normalized spacial score (nSPS) is 10.4. The molecule has 0 aromatic heterocycles. The van der Waals surface area contributed by atoms with Crippen LogP contribution >= 0.6 is 0 Å². The van der Waals surface area contributed by atoms with Gasteiger partial charge in [0, 0.05) is 12.1 Å². The van der Waals surface area contributed by atoms with Crippen molar-refractivity contribution in [2.75, 3.05) is 13.2 Å². The lowest BCUT2D eigenvalue weighted by atomic mass is 9.97. The Hall–Kier alpha value is -1.35. The highest BCUT2D eigenvalue weighted by Crippen LogP contribution is 2.18. The van der Waals surface area contributed by atoms with Gasteiger partial charge in [0.25, 0.3) is 5.91 Å². The summed E-state index contributed by atoms with van der Waals surface area (Å²) in [5.74, 6) is 0.203. The van der Waals surface area contributed by atoms with Gasteiger partial charge < -0.3 is 10.4 Å². The lowest BCUT2D eigenvalue weighted by molar-refractivity contribution is 0.0943. The molecule has 2 N–H and O–H groups in total. The standard InChI is InChI=1S/C12H17NO2/c1-9(2)10-5-3-4-6-11(10)12(15)13-7-8-14/h3-6,9,14H,7-8H2,1-2H3,(H,13,15). The van der Waals surface area contributed by atoms with Crippen LogP contribution in [0.25, 0.3) is 0 Å². The second kappa shape index (κ2) is 5.51. The van der Waals surface area contributed by atoms with E-state index < -0.39 is 0 Å². The summed E-state index contributed by atoms with van der Waals surface area (Å²) in [6.45, 7) is 4.37. The molecule has 0 aliphatic carbocycles. The molecule has 0 saturated carbocycles. The zero-order chi connectivity index (χ0) is 11.3. The Morgan fingerprint density at radius 1 is 1.40 bits per heavy atom. The molecule has 1 aromatic carbocycles. The van der Waals surface area contributed by atoms with Crippen molar-refractivity contribution in [3.8, 4) is 0 Å². The van der Waals surface area contributed by atoms with Crippen molar-refractivity contribution in [1.29, 1.82) is 0 Å². The highest BCUT2D eigenvalue weighted by atomic mass is 16.3. The van der Waals surface area contributed by atoms with Crippen LogP contribution in [0.5, 0.6) is 0 Å². The van der Waals surface area contributed by atoms with Gasteiger partial charge in [-0.05, 0) is 17.5 Å². The van der Waals surface area contributed by atoms with Crippen molar-refractivity contribution in [3.05, 3.63) is 35.4 Å². The zero-order valence-corrected chi connectivity index (χ0v) is 9.16. The smallest absolute Gasteiger partial charge is 0.251 e. The first kappa shape index (κ1) is 11.7. The van der Waals surface area contributed by atoms with Crippen molar-refractivity contribution in [2.45, 2.75) is 19.8 Å². The molecule has 0 unspecified atom stereocenters. The Balaban J connectivity index is 2.87. The fourth-order valence-corrected chi connectivity index (χ4v) is 1.47. The summed E-state index contributed by atoms with van der Waals surface area (Å²) in [7, 11) is 0. The highest BCUT2D eigenvalue weighted by molar-refractivity contribution is 5.95. The van der Waals surface area contributed by atoms with Gasteiger partial charge in [-0.1, -0.05) is 32.0 Å². The SMILES string of the molecule is CC(C)c1ccccc1C(=O)NCCO. The highest BCUT2D eigenvalue weighted by Gasteiger charge is 2.11. The fraction of sp³-hybridized carbons (Fsp3) is 0.417. The molecule has 0 radical (unpaired) electrons. The summed E-state index contributed by atoms with van der Waals surface area (Å²) in [6, 6.07) is 7.54. The molecule has 82 valence electrons. The predicted octanol–water partition coefficient (Wildman–Crippen LogP) is 1.53. The van der Waals surface area contributed by atoms with Crippen LogP contribution in [-0.4, -0.2) is 24.2 Å². The summed E-state index contributed by atoms with van der Waals surface area (Å²) in [5, 5.41) is 11.3. The number of hydrogen-bond acceptors (Lipinski definition) is 2. The quantitative estimate of drug-likeness (QED) is 0.786. The number of hydrogen-bond donors (Lipinski definition) is 2. The first-order valence-corrected chi connectivity index (χ1v) is 5.14. The van der Waals surface area contributed by atoms with Gasteiger partial charge in [-0.3, -0.25) is 4.79 Å². The minimum absolute atomic E-state index is 0.0322. The lowest BCUT2D eigenvalue weighted by Crippen LogP contribution is -2.27. The molecule has 0 saturated heterocycles. The van der Waals surface area contributed by atoms with Crippen LogP contribution in [0.4, 0.5) is 0 Å².